The van der Waals surface area contributed by atoms with Gasteiger partial charge in [-0.25, -0.2) is 0 Å². The number of nitrogens with zero attached hydrogens (tertiary/aromatic N) is 2. The van der Waals surface area contributed by atoms with E-state index >= 15 is 0 Å². The van der Waals surface area contributed by atoms with Crippen molar-refractivity contribution in [3.63, 3.8) is 0 Å². The molecule has 1 aliphatic carbocycles. The summed E-state index contributed by atoms with van der Waals surface area (Å²) in [6.45, 7) is 0. The van der Waals surface area contributed by atoms with Gasteiger partial charge in [0, 0.05) is 17.0 Å². The lowest BCUT2D eigenvalue weighted by atomic mass is 9.83. The van der Waals surface area contributed by atoms with E-state index in [0.29, 0.717) is 36.0 Å². The van der Waals surface area contributed by atoms with Gasteiger partial charge in [-0.1, -0.05) is 29.6 Å². The van der Waals surface area contributed by atoms with E-state index in [1.807, 2.05) is 0 Å². The summed E-state index contributed by atoms with van der Waals surface area (Å²) in [5, 5.41) is 14.0. The summed E-state index contributed by atoms with van der Waals surface area (Å²) in [5.74, 6) is 0.0655. The predicted octanol–water partition coefficient (Wildman–Crippen LogP) is 3.58. The van der Waals surface area contributed by atoms with Gasteiger partial charge in [-0.2, -0.15) is 4.98 Å². The van der Waals surface area contributed by atoms with Gasteiger partial charge in [0.1, 0.15) is 0 Å². The third kappa shape index (κ3) is 2.78. The topological polar surface area (TPSA) is 76.2 Å². The van der Waals surface area contributed by atoms with Gasteiger partial charge in [0.25, 0.3) is 0 Å². The lowest BCUT2D eigenvalue weighted by molar-refractivity contribution is -0.148. The van der Waals surface area contributed by atoms with Crippen molar-refractivity contribution in [2.24, 2.45) is 5.41 Å². The van der Waals surface area contributed by atoms with Crippen LogP contribution in [0.2, 0.25) is 5.02 Å². The number of carboxylic acids is 1. The molecule has 110 valence electrons. The number of carbonyl (C=O) groups is 1. The molecule has 1 aromatic carbocycles. The van der Waals surface area contributed by atoms with E-state index in [-0.39, 0.29) is 0 Å². The second-order valence-electron chi connectivity index (χ2n) is 5.49. The fourth-order valence-corrected chi connectivity index (χ4v) is 2.98. The molecule has 1 saturated carbocycles. The van der Waals surface area contributed by atoms with Gasteiger partial charge in [-0.05, 0) is 37.1 Å². The number of hydrogen-bond donors (Lipinski definition) is 1. The largest absolute Gasteiger partial charge is 0.481 e. The van der Waals surface area contributed by atoms with Crippen molar-refractivity contribution in [2.75, 3.05) is 0 Å². The monoisotopic (exact) mass is 306 g/mol. The van der Waals surface area contributed by atoms with Crippen molar-refractivity contribution in [2.45, 2.75) is 32.1 Å². The van der Waals surface area contributed by atoms with E-state index in [1.54, 1.807) is 24.3 Å². The highest BCUT2D eigenvalue weighted by atomic mass is 35.5. The van der Waals surface area contributed by atoms with Crippen LogP contribution >= 0.6 is 11.6 Å². The normalized spacial score (nSPS) is 17.0. The van der Waals surface area contributed by atoms with Crippen LogP contribution in [0.25, 0.3) is 11.4 Å². The summed E-state index contributed by atoms with van der Waals surface area (Å²) in [6, 6.07) is 7.12. The Morgan fingerprint density at radius 1 is 1.29 bits per heavy atom. The molecule has 0 radical (unpaired) electrons. The van der Waals surface area contributed by atoms with Crippen LogP contribution in [0.4, 0.5) is 0 Å². The summed E-state index contributed by atoms with van der Waals surface area (Å²) < 4.78 is 5.23. The van der Waals surface area contributed by atoms with Crippen molar-refractivity contribution in [1.82, 2.24) is 10.1 Å². The minimum absolute atomic E-state index is 0.295. The van der Waals surface area contributed by atoms with Crippen molar-refractivity contribution in [3.05, 3.63) is 35.2 Å². The molecule has 0 bridgehead atoms. The summed E-state index contributed by atoms with van der Waals surface area (Å²) in [6.07, 6.45) is 3.50. The minimum atomic E-state index is -0.772. The Hall–Kier alpha value is -1.88. The van der Waals surface area contributed by atoms with Crippen molar-refractivity contribution < 1.29 is 14.4 Å². The molecule has 5 nitrogen and oxygen atoms in total. The van der Waals surface area contributed by atoms with Gasteiger partial charge < -0.3 is 9.63 Å². The first-order valence-corrected chi connectivity index (χ1v) is 7.29. The zero-order chi connectivity index (χ0) is 14.9. The molecule has 0 saturated heterocycles. The fraction of sp³-hybridized carbons (Fsp3) is 0.400. The highest BCUT2D eigenvalue weighted by molar-refractivity contribution is 6.30. The highest BCUT2D eigenvalue weighted by Crippen LogP contribution is 2.41. The molecule has 1 aromatic heterocycles. The maximum absolute atomic E-state index is 11.5. The van der Waals surface area contributed by atoms with Crippen molar-refractivity contribution in [1.29, 1.82) is 0 Å². The van der Waals surface area contributed by atoms with E-state index in [9.17, 15) is 9.90 Å². The molecular formula is C15H15ClN2O3. The van der Waals surface area contributed by atoms with E-state index in [4.69, 9.17) is 16.1 Å². The predicted molar refractivity (Wildman–Crippen MR) is 77.0 cm³/mol. The van der Waals surface area contributed by atoms with Crippen LogP contribution in [0, 0.1) is 5.41 Å². The number of halogens is 1. The SMILES string of the molecule is O=C(O)C1(Cc2nc(-c3ccc(Cl)cc3)no2)CCCC1. The molecule has 2 aromatic rings. The van der Waals surface area contributed by atoms with E-state index in [0.717, 1.165) is 18.4 Å². The van der Waals surface area contributed by atoms with Crippen LogP contribution in [0.3, 0.4) is 0 Å². The Balaban J connectivity index is 1.82. The molecule has 21 heavy (non-hydrogen) atoms. The summed E-state index contributed by atoms with van der Waals surface area (Å²) in [5.41, 5.74) is 0.0502. The lowest BCUT2D eigenvalue weighted by Crippen LogP contribution is -2.30. The second kappa shape index (κ2) is 5.48. The Kier molecular flexibility index (Phi) is 3.68. The van der Waals surface area contributed by atoms with Gasteiger partial charge in [-0.15, -0.1) is 0 Å². The maximum Gasteiger partial charge on any atom is 0.310 e. The Bertz CT molecular complexity index is 645. The lowest BCUT2D eigenvalue weighted by Gasteiger charge is -2.21. The number of aromatic nitrogens is 2. The summed E-state index contributed by atoms with van der Waals surface area (Å²) >= 11 is 5.84. The average Bonchev–Trinajstić information content (AvgIpc) is 3.10. The Morgan fingerprint density at radius 2 is 1.95 bits per heavy atom. The standard InChI is InChI=1S/C15H15ClN2O3/c16-11-5-3-10(4-6-11)13-17-12(21-18-13)9-15(14(19)20)7-1-2-8-15/h3-6H,1-2,7-9H2,(H,19,20). The van der Waals surface area contributed by atoms with Crippen LogP contribution in [0.5, 0.6) is 0 Å². The van der Waals surface area contributed by atoms with Gasteiger partial charge in [0.15, 0.2) is 0 Å². The first-order valence-electron chi connectivity index (χ1n) is 6.91. The number of carboxylic acid groups (broad SMARTS) is 1. The van der Waals surface area contributed by atoms with E-state index in [1.165, 1.54) is 0 Å². The second-order valence-corrected chi connectivity index (χ2v) is 5.92. The number of rotatable bonds is 4. The molecule has 0 aliphatic heterocycles. The fourth-order valence-electron chi connectivity index (χ4n) is 2.85. The van der Waals surface area contributed by atoms with Crippen LogP contribution in [0.15, 0.2) is 28.8 Å². The quantitative estimate of drug-likeness (QED) is 0.934. The third-order valence-electron chi connectivity index (χ3n) is 4.07. The van der Waals surface area contributed by atoms with Crippen molar-refractivity contribution >= 4 is 17.6 Å². The van der Waals surface area contributed by atoms with Crippen molar-refractivity contribution in [3.8, 4) is 11.4 Å². The number of hydrogen-bond acceptors (Lipinski definition) is 4. The maximum atomic E-state index is 11.5. The molecule has 1 N–H and O–H groups in total. The van der Waals surface area contributed by atoms with Crippen LogP contribution in [0.1, 0.15) is 31.6 Å². The van der Waals surface area contributed by atoms with Crippen LogP contribution in [-0.2, 0) is 11.2 Å². The first-order chi connectivity index (χ1) is 10.1. The van der Waals surface area contributed by atoms with Gasteiger partial charge in [0.05, 0.1) is 5.41 Å². The summed E-state index contributed by atoms with van der Waals surface area (Å²) in [7, 11) is 0. The average molecular weight is 307 g/mol. The molecule has 0 spiro atoms. The van der Waals surface area contributed by atoms with Gasteiger partial charge >= 0.3 is 5.97 Å². The molecule has 0 amide bonds. The molecule has 1 aliphatic rings. The zero-order valence-corrected chi connectivity index (χ0v) is 12.1. The zero-order valence-electron chi connectivity index (χ0n) is 11.4. The molecule has 0 unspecified atom stereocenters. The number of benzene rings is 1. The minimum Gasteiger partial charge on any atom is -0.481 e. The third-order valence-corrected chi connectivity index (χ3v) is 4.33. The molecule has 3 rings (SSSR count). The molecule has 1 heterocycles. The number of aliphatic carboxylic acids is 1. The molecule has 0 atom stereocenters. The van der Waals surface area contributed by atoms with Crippen LogP contribution < -0.4 is 0 Å². The highest BCUT2D eigenvalue weighted by Gasteiger charge is 2.42. The van der Waals surface area contributed by atoms with E-state index in [2.05, 4.69) is 10.1 Å². The van der Waals surface area contributed by atoms with E-state index < -0.39 is 11.4 Å². The van der Waals surface area contributed by atoms with Gasteiger partial charge in [0.2, 0.25) is 11.7 Å². The molecular weight excluding hydrogens is 292 g/mol. The van der Waals surface area contributed by atoms with Crippen LogP contribution in [-0.4, -0.2) is 21.2 Å². The Morgan fingerprint density at radius 3 is 2.57 bits per heavy atom. The molecule has 6 heteroatoms. The molecule has 1 fully saturated rings. The first kappa shape index (κ1) is 14.1. The van der Waals surface area contributed by atoms with Gasteiger partial charge in [-0.3, -0.25) is 4.79 Å². The smallest absolute Gasteiger partial charge is 0.310 e. The summed E-state index contributed by atoms with van der Waals surface area (Å²) in [4.78, 5) is 15.9. The Labute approximate surface area is 126 Å².